The van der Waals surface area contributed by atoms with Crippen molar-refractivity contribution in [2.24, 2.45) is 0 Å². The summed E-state index contributed by atoms with van der Waals surface area (Å²) in [7, 11) is -1.54. The maximum atomic E-state index is 9.26. The molecule has 0 saturated carbocycles. The van der Waals surface area contributed by atoms with E-state index in [0.717, 1.165) is 5.56 Å². The molecule has 1 aromatic carbocycles. The topological polar surface area (TPSA) is 68.2 Å². The predicted octanol–water partition coefficient (Wildman–Crippen LogP) is 0.707. The first-order valence-electron chi connectivity index (χ1n) is 6.89. The summed E-state index contributed by atoms with van der Waals surface area (Å²) in [6.45, 7) is 7.83. The van der Waals surface area contributed by atoms with Crippen molar-refractivity contribution in [2.45, 2.75) is 33.5 Å². The van der Waals surface area contributed by atoms with Gasteiger partial charge in [-0.05, 0) is 32.4 Å². The Labute approximate surface area is 120 Å². The average Bonchev–Trinajstić information content (AvgIpc) is 2.39. The molecule has 0 heterocycles. The van der Waals surface area contributed by atoms with Crippen molar-refractivity contribution < 1.29 is 24.3 Å². The number of ether oxygens (including phenoxy) is 3. The van der Waals surface area contributed by atoms with E-state index in [1.807, 2.05) is 20.8 Å². The van der Waals surface area contributed by atoms with Crippen molar-refractivity contribution in [2.75, 3.05) is 19.8 Å². The van der Waals surface area contributed by atoms with Crippen molar-refractivity contribution in [3.63, 3.8) is 0 Å². The van der Waals surface area contributed by atoms with Crippen LogP contribution in [-0.2, 0) is 16.1 Å². The molecule has 0 aliphatic heterocycles. The van der Waals surface area contributed by atoms with Crippen LogP contribution in [0.25, 0.3) is 0 Å². The number of hydrogen-bond acceptors (Lipinski definition) is 5. The summed E-state index contributed by atoms with van der Waals surface area (Å²) in [6.07, 6.45) is 0.0601. The van der Waals surface area contributed by atoms with Crippen molar-refractivity contribution in [1.29, 1.82) is 0 Å². The predicted molar refractivity (Wildman–Crippen MR) is 78.2 cm³/mol. The van der Waals surface area contributed by atoms with Crippen LogP contribution in [0.3, 0.4) is 0 Å². The molecule has 2 N–H and O–H groups in total. The molecule has 0 aromatic heterocycles. The van der Waals surface area contributed by atoms with Gasteiger partial charge in [0.05, 0.1) is 25.9 Å². The van der Waals surface area contributed by atoms with Gasteiger partial charge in [-0.15, -0.1) is 0 Å². The average molecular weight is 282 g/mol. The molecule has 1 unspecified atom stereocenters. The van der Waals surface area contributed by atoms with E-state index >= 15 is 0 Å². The lowest BCUT2D eigenvalue weighted by molar-refractivity contribution is -0.00715. The molecule has 0 amide bonds. The first-order chi connectivity index (χ1) is 9.58. The molecular formula is C14H23BO5. The second-order valence-electron chi connectivity index (χ2n) is 4.46. The standard InChI is InChI=1S/C14H23BO5/c1-4-19-11(3)9-18-10-12-6-7-13(15(16)17)14(8-12)20-5-2/h6-8,11,16-17H,4-5,9-10H2,1-3H3. The van der Waals surface area contributed by atoms with Crippen LogP contribution in [-0.4, -0.2) is 43.1 Å². The molecule has 1 rings (SSSR count). The minimum atomic E-state index is -1.54. The van der Waals surface area contributed by atoms with Crippen LogP contribution in [0.4, 0.5) is 0 Å². The van der Waals surface area contributed by atoms with Gasteiger partial charge >= 0.3 is 7.12 Å². The van der Waals surface area contributed by atoms with Gasteiger partial charge in [-0.2, -0.15) is 0 Å². The summed E-state index contributed by atoms with van der Waals surface area (Å²) in [6, 6.07) is 5.20. The number of rotatable bonds is 9. The van der Waals surface area contributed by atoms with Gasteiger partial charge < -0.3 is 24.3 Å². The second kappa shape index (κ2) is 8.97. The summed E-state index contributed by atoms with van der Waals surface area (Å²) < 4.78 is 16.3. The Morgan fingerprint density at radius 1 is 1.20 bits per heavy atom. The highest BCUT2D eigenvalue weighted by atomic mass is 16.5. The highest BCUT2D eigenvalue weighted by Gasteiger charge is 2.17. The molecule has 0 aliphatic carbocycles. The molecule has 0 spiro atoms. The Balaban J connectivity index is 2.60. The quantitative estimate of drug-likeness (QED) is 0.653. The summed E-state index contributed by atoms with van der Waals surface area (Å²) in [5, 5.41) is 18.5. The minimum Gasteiger partial charge on any atom is -0.494 e. The first-order valence-corrected chi connectivity index (χ1v) is 6.89. The van der Waals surface area contributed by atoms with Crippen molar-refractivity contribution in [3.8, 4) is 5.75 Å². The van der Waals surface area contributed by atoms with Crippen molar-refractivity contribution >= 4 is 12.6 Å². The van der Waals surface area contributed by atoms with Gasteiger partial charge in [-0.3, -0.25) is 0 Å². The van der Waals surface area contributed by atoms with E-state index in [-0.39, 0.29) is 6.10 Å². The Hall–Kier alpha value is -1.08. The Kier molecular flexibility index (Phi) is 7.61. The highest BCUT2D eigenvalue weighted by molar-refractivity contribution is 6.59. The van der Waals surface area contributed by atoms with Crippen molar-refractivity contribution in [1.82, 2.24) is 0 Å². The molecule has 20 heavy (non-hydrogen) atoms. The molecule has 0 fully saturated rings. The van der Waals surface area contributed by atoms with E-state index in [4.69, 9.17) is 14.2 Å². The third-order valence-electron chi connectivity index (χ3n) is 2.73. The smallest absolute Gasteiger partial charge is 0.492 e. The van der Waals surface area contributed by atoms with Gasteiger partial charge in [0.2, 0.25) is 0 Å². The van der Waals surface area contributed by atoms with E-state index in [1.165, 1.54) is 0 Å². The van der Waals surface area contributed by atoms with Crippen LogP contribution >= 0.6 is 0 Å². The lowest BCUT2D eigenvalue weighted by Crippen LogP contribution is -2.31. The Morgan fingerprint density at radius 2 is 1.95 bits per heavy atom. The van der Waals surface area contributed by atoms with Gasteiger partial charge in [0, 0.05) is 12.1 Å². The fourth-order valence-electron chi connectivity index (χ4n) is 1.84. The summed E-state index contributed by atoms with van der Waals surface area (Å²) in [5.41, 5.74) is 1.28. The zero-order chi connectivity index (χ0) is 15.0. The van der Waals surface area contributed by atoms with E-state index in [0.29, 0.717) is 37.6 Å². The molecule has 1 atom stereocenters. The third-order valence-corrected chi connectivity index (χ3v) is 2.73. The molecule has 112 valence electrons. The SMILES string of the molecule is CCOc1cc(COCC(C)OCC)ccc1B(O)O. The molecule has 6 heteroatoms. The molecule has 5 nitrogen and oxygen atoms in total. The van der Waals surface area contributed by atoms with Crippen LogP contribution in [0.15, 0.2) is 18.2 Å². The Morgan fingerprint density at radius 3 is 2.55 bits per heavy atom. The largest absolute Gasteiger partial charge is 0.494 e. The lowest BCUT2D eigenvalue weighted by Gasteiger charge is -2.14. The maximum Gasteiger partial charge on any atom is 0.492 e. The summed E-state index contributed by atoms with van der Waals surface area (Å²) in [5.74, 6) is 0.474. The van der Waals surface area contributed by atoms with Crippen LogP contribution < -0.4 is 10.2 Å². The fraction of sp³-hybridized carbons (Fsp3) is 0.571. The fourth-order valence-corrected chi connectivity index (χ4v) is 1.84. The van der Waals surface area contributed by atoms with E-state index < -0.39 is 7.12 Å². The van der Waals surface area contributed by atoms with Crippen LogP contribution in [0.5, 0.6) is 5.75 Å². The van der Waals surface area contributed by atoms with Crippen molar-refractivity contribution in [3.05, 3.63) is 23.8 Å². The van der Waals surface area contributed by atoms with Crippen LogP contribution in [0.1, 0.15) is 26.3 Å². The summed E-state index contributed by atoms with van der Waals surface area (Å²) >= 11 is 0. The molecule has 1 aromatic rings. The maximum absolute atomic E-state index is 9.26. The van der Waals surface area contributed by atoms with Gasteiger partial charge in [-0.1, -0.05) is 12.1 Å². The molecular weight excluding hydrogens is 259 g/mol. The van der Waals surface area contributed by atoms with Gasteiger partial charge in [0.25, 0.3) is 0 Å². The highest BCUT2D eigenvalue weighted by Crippen LogP contribution is 2.13. The Bertz CT molecular complexity index is 397. The van der Waals surface area contributed by atoms with Gasteiger partial charge in [0.15, 0.2) is 0 Å². The van der Waals surface area contributed by atoms with Crippen LogP contribution in [0, 0.1) is 0 Å². The second-order valence-corrected chi connectivity index (χ2v) is 4.46. The molecule has 0 bridgehead atoms. The van der Waals surface area contributed by atoms with Gasteiger partial charge in [0.1, 0.15) is 5.75 Å². The lowest BCUT2D eigenvalue weighted by atomic mass is 9.79. The van der Waals surface area contributed by atoms with E-state index in [9.17, 15) is 10.0 Å². The number of hydrogen-bond donors (Lipinski definition) is 2. The third kappa shape index (κ3) is 5.50. The zero-order valence-corrected chi connectivity index (χ0v) is 12.3. The molecule has 0 radical (unpaired) electrons. The normalized spacial score (nSPS) is 12.2. The van der Waals surface area contributed by atoms with Gasteiger partial charge in [-0.25, -0.2) is 0 Å². The summed E-state index contributed by atoms with van der Waals surface area (Å²) in [4.78, 5) is 0. The van der Waals surface area contributed by atoms with E-state index in [2.05, 4.69) is 0 Å². The molecule has 0 aliphatic rings. The van der Waals surface area contributed by atoms with E-state index in [1.54, 1.807) is 18.2 Å². The molecule has 0 saturated heterocycles. The minimum absolute atomic E-state index is 0.0601. The first kappa shape index (κ1) is 17.0. The number of benzene rings is 1. The van der Waals surface area contributed by atoms with Crippen LogP contribution in [0.2, 0.25) is 0 Å². The monoisotopic (exact) mass is 282 g/mol. The zero-order valence-electron chi connectivity index (χ0n) is 12.3.